The van der Waals surface area contributed by atoms with Gasteiger partial charge in [-0.2, -0.15) is 18.3 Å². The van der Waals surface area contributed by atoms with Crippen molar-refractivity contribution in [3.8, 4) is 11.5 Å². The van der Waals surface area contributed by atoms with Crippen molar-refractivity contribution in [2.24, 2.45) is 5.10 Å². The molecule has 2 aromatic rings. The number of carbonyl (C=O) groups is 1. The number of amides is 1. The number of benzene rings is 2. The van der Waals surface area contributed by atoms with Crippen LogP contribution in [0.2, 0.25) is 0 Å². The minimum atomic E-state index is -4.53. The molecule has 0 heterocycles. The van der Waals surface area contributed by atoms with Gasteiger partial charge in [0.05, 0.1) is 30.0 Å². The average molecular weight is 501 g/mol. The summed E-state index contributed by atoms with van der Waals surface area (Å²) in [6.07, 6.45) is 1.17. The minimum Gasteiger partial charge on any atom is -0.493 e. The number of alkyl halides is 3. The molecule has 1 N–H and O–H groups in total. The van der Waals surface area contributed by atoms with Crippen LogP contribution < -0.4 is 14.9 Å². The number of methoxy groups -OCH3 is 1. The Bertz CT molecular complexity index is 917. The third-order valence-corrected chi connectivity index (χ3v) is 4.92. The molecular weight excluding hydrogens is 477 g/mol. The van der Waals surface area contributed by atoms with E-state index < -0.39 is 17.6 Å². The Balaban J connectivity index is 2.04. The van der Waals surface area contributed by atoms with Crippen molar-refractivity contribution in [2.75, 3.05) is 13.7 Å². The number of hydrogen-bond donors (Lipinski definition) is 1. The number of rotatable bonds is 10. The van der Waals surface area contributed by atoms with Crippen LogP contribution in [0.1, 0.15) is 54.1 Å². The van der Waals surface area contributed by atoms with Crippen molar-refractivity contribution in [3.63, 3.8) is 0 Å². The molecule has 0 aliphatic rings. The first-order valence-electron chi connectivity index (χ1n) is 9.77. The number of carbonyl (C=O) groups excluding carboxylic acids is 1. The number of halogens is 4. The zero-order valence-electron chi connectivity index (χ0n) is 17.3. The molecule has 0 bridgehead atoms. The maximum atomic E-state index is 12.8. The van der Waals surface area contributed by atoms with E-state index in [0.29, 0.717) is 28.1 Å². The molecular formula is C22H24BrF3N2O3. The van der Waals surface area contributed by atoms with Gasteiger partial charge in [0.2, 0.25) is 0 Å². The van der Waals surface area contributed by atoms with E-state index in [1.807, 2.05) is 0 Å². The van der Waals surface area contributed by atoms with Crippen LogP contribution in [0.5, 0.6) is 11.5 Å². The molecule has 2 aromatic carbocycles. The monoisotopic (exact) mass is 500 g/mol. The van der Waals surface area contributed by atoms with Crippen LogP contribution >= 0.6 is 15.9 Å². The fraction of sp³-hybridized carbons (Fsp3) is 0.364. The van der Waals surface area contributed by atoms with Crippen LogP contribution in [0.15, 0.2) is 46.0 Å². The Morgan fingerprint density at radius 3 is 2.65 bits per heavy atom. The van der Waals surface area contributed by atoms with Gasteiger partial charge < -0.3 is 9.47 Å². The quantitative estimate of drug-likeness (QED) is 0.240. The predicted molar refractivity (Wildman–Crippen MR) is 117 cm³/mol. The summed E-state index contributed by atoms with van der Waals surface area (Å²) >= 11 is 3.45. The molecule has 9 heteroatoms. The lowest BCUT2D eigenvalue weighted by Crippen LogP contribution is -2.18. The molecule has 0 saturated carbocycles. The first kappa shape index (κ1) is 24.7. The number of hydrogen-bond acceptors (Lipinski definition) is 4. The van der Waals surface area contributed by atoms with Gasteiger partial charge in [-0.05, 0) is 58.2 Å². The Morgan fingerprint density at radius 2 is 1.97 bits per heavy atom. The predicted octanol–water partition coefficient (Wildman–Crippen LogP) is 6.20. The average Bonchev–Trinajstić information content (AvgIpc) is 2.74. The van der Waals surface area contributed by atoms with Gasteiger partial charge in [-0.15, -0.1) is 0 Å². The Morgan fingerprint density at radius 1 is 1.19 bits per heavy atom. The maximum absolute atomic E-state index is 12.8. The van der Waals surface area contributed by atoms with Crippen LogP contribution in [0.4, 0.5) is 13.2 Å². The number of hydrazone groups is 1. The number of unbranched alkanes of at least 4 members (excludes halogenated alkanes) is 3. The summed E-state index contributed by atoms with van der Waals surface area (Å²) in [5.41, 5.74) is 1.79. The standard InChI is InChI=1S/C22H24BrF3N2O3/c1-3-4-5-6-10-31-20-18(23)11-15(12-19(20)30-2)14-27-28-21(29)16-8-7-9-17(13-16)22(24,25)26/h7-9,11-14H,3-6,10H2,1-2H3,(H,28,29)/b27-14+. The van der Waals surface area contributed by atoms with Gasteiger partial charge in [-0.25, -0.2) is 5.43 Å². The van der Waals surface area contributed by atoms with E-state index in [1.54, 1.807) is 12.1 Å². The molecule has 0 aliphatic carbocycles. The second-order valence-electron chi connectivity index (χ2n) is 6.72. The number of nitrogens with zero attached hydrogens (tertiary/aromatic N) is 1. The lowest BCUT2D eigenvalue weighted by Gasteiger charge is -2.13. The molecule has 0 spiro atoms. The van der Waals surface area contributed by atoms with Gasteiger partial charge in [-0.3, -0.25) is 4.79 Å². The largest absolute Gasteiger partial charge is 0.493 e. The highest BCUT2D eigenvalue weighted by Crippen LogP contribution is 2.36. The van der Waals surface area contributed by atoms with E-state index in [-0.39, 0.29) is 5.56 Å². The van der Waals surface area contributed by atoms with Crippen molar-refractivity contribution in [1.29, 1.82) is 0 Å². The molecule has 0 saturated heterocycles. The van der Waals surface area contributed by atoms with E-state index in [2.05, 4.69) is 33.4 Å². The summed E-state index contributed by atoms with van der Waals surface area (Å²) in [5.74, 6) is 0.320. The number of ether oxygens (including phenoxy) is 2. The van der Waals surface area contributed by atoms with Crippen LogP contribution in [0.25, 0.3) is 0 Å². The van der Waals surface area contributed by atoms with Crippen molar-refractivity contribution in [3.05, 3.63) is 57.6 Å². The first-order chi connectivity index (χ1) is 14.8. The zero-order chi connectivity index (χ0) is 22.9. The van der Waals surface area contributed by atoms with Gasteiger partial charge in [0, 0.05) is 5.56 Å². The Hall–Kier alpha value is -2.55. The normalized spacial score (nSPS) is 11.5. The molecule has 31 heavy (non-hydrogen) atoms. The Labute approximate surface area is 187 Å². The van der Waals surface area contributed by atoms with Crippen molar-refractivity contribution in [1.82, 2.24) is 5.43 Å². The summed E-state index contributed by atoms with van der Waals surface area (Å²) in [5, 5.41) is 3.83. The third-order valence-electron chi connectivity index (χ3n) is 4.33. The van der Waals surface area contributed by atoms with Gasteiger partial charge in [0.15, 0.2) is 11.5 Å². The molecule has 0 aliphatic heterocycles. The lowest BCUT2D eigenvalue weighted by molar-refractivity contribution is -0.137. The molecule has 168 valence electrons. The lowest BCUT2D eigenvalue weighted by atomic mass is 10.1. The fourth-order valence-electron chi connectivity index (χ4n) is 2.72. The topological polar surface area (TPSA) is 59.9 Å². The highest BCUT2D eigenvalue weighted by atomic mass is 79.9. The molecule has 0 atom stereocenters. The van der Waals surface area contributed by atoms with Crippen LogP contribution in [0.3, 0.4) is 0 Å². The highest BCUT2D eigenvalue weighted by Gasteiger charge is 2.30. The molecule has 0 radical (unpaired) electrons. The van der Waals surface area contributed by atoms with E-state index >= 15 is 0 Å². The summed E-state index contributed by atoms with van der Waals surface area (Å²) in [6, 6.07) is 7.56. The minimum absolute atomic E-state index is 0.141. The number of nitrogens with one attached hydrogen (secondary N) is 1. The van der Waals surface area contributed by atoms with Crippen LogP contribution in [-0.4, -0.2) is 25.8 Å². The summed E-state index contributed by atoms with van der Waals surface area (Å²) in [6.45, 7) is 2.71. The summed E-state index contributed by atoms with van der Waals surface area (Å²) < 4.78 is 50.2. The molecule has 5 nitrogen and oxygen atoms in total. The van der Waals surface area contributed by atoms with Gasteiger partial charge in [0.25, 0.3) is 5.91 Å². The summed E-state index contributed by atoms with van der Waals surface area (Å²) in [4.78, 5) is 12.1. The highest BCUT2D eigenvalue weighted by molar-refractivity contribution is 9.10. The van der Waals surface area contributed by atoms with Gasteiger partial charge in [-0.1, -0.05) is 32.3 Å². The second-order valence-corrected chi connectivity index (χ2v) is 7.58. The van der Waals surface area contributed by atoms with Gasteiger partial charge >= 0.3 is 6.18 Å². The van der Waals surface area contributed by atoms with E-state index in [1.165, 1.54) is 25.5 Å². The molecule has 2 rings (SSSR count). The summed E-state index contributed by atoms with van der Waals surface area (Å²) in [7, 11) is 1.52. The smallest absolute Gasteiger partial charge is 0.416 e. The van der Waals surface area contributed by atoms with Crippen molar-refractivity contribution < 1.29 is 27.4 Å². The second kappa shape index (κ2) is 11.7. The molecule has 0 fully saturated rings. The molecule has 0 aromatic heterocycles. The van der Waals surface area contributed by atoms with Crippen LogP contribution in [0, 0.1) is 0 Å². The first-order valence-corrected chi connectivity index (χ1v) is 10.6. The van der Waals surface area contributed by atoms with Crippen molar-refractivity contribution >= 4 is 28.1 Å². The fourth-order valence-corrected chi connectivity index (χ4v) is 3.30. The van der Waals surface area contributed by atoms with E-state index in [0.717, 1.165) is 37.8 Å². The zero-order valence-corrected chi connectivity index (χ0v) is 18.8. The van der Waals surface area contributed by atoms with E-state index in [9.17, 15) is 18.0 Å². The van der Waals surface area contributed by atoms with E-state index in [4.69, 9.17) is 9.47 Å². The molecule has 0 unspecified atom stereocenters. The van der Waals surface area contributed by atoms with Crippen LogP contribution in [-0.2, 0) is 6.18 Å². The van der Waals surface area contributed by atoms with Gasteiger partial charge in [0.1, 0.15) is 0 Å². The third kappa shape index (κ3) is 7.57. The van der Waals surface area contributed by atoms with Crippen molar-refractivity contribution in [2.45, 2.75) is 38.8 Å². The maximum Gasteiger partial charge on any atom is 0.416 e. The molecule has 1 amide bonds. The SMILES string of the molecule is CCCCCCOc1c(Br)cc(/C=N/NC(=O)c2cccc(C(F)(F)F)c2)cc1OC. The Kier molecular flexibility index (Phi) is 9.36.